The minimum Gasteiger partial charge on any atom is -0.390 e. The van der Waals surface area contributed by atoms with Gasteiger partial charge in [-0.1, -0.05) is 24.3 Å². The molecule has 1 aromatic carbocycles. The van der Waals surface area contributed by atoms with Crippen LogP contribution in [0.15, 0.2) is 36.5 Å². The largest absolute Gasteiger partial charge is 0.390 e. The number of aromatic nitrogens is 1. The first kappa shape index (κ1) is 15.9. The summed E-state index contributed by atoms with van der Waals surface area (Å²) in [4.78, 5) is 16.5. The third-order valence-electron chi connectivity index (χ3n) is 4.13. The predicted octanol–water partition coefficient (Wildman–Crippen LogP) is 0.262. The Labute approximate surface area is 134 Å². The third-order valence-corrected chi connectivity index (χ3v) is 4.13. The number of para-hydroxylation sites is 1. The van der Waals surface area contributed by atoms with Crippen molar-refractivity contribution in [3.05, 3.63) is 42.1 Å². The number of pyridine rings is 1. The fourth-order valence-electron chi connectivity index (χ4n) is 2.82. The van der Waals surface area contributed by atoms with Crippen LogP contribution in [0.25, 0.3) is 10.9 Å². The highest BCUT2D eigenvalue weighted by atomic mass is 16.5. The minimum atomic E-state index is -0.895. The van der Waals surface area contributed by atoms with E-state index in [-0.39, 0.29) is 31.4 Å². The van der Waals surface area contributed by atoms with Crippen LogP contribution in [0.2, 0.25) is 0 Å². The lowest BCUT2D eigenvalue weighted by Gasteiger charge is -2.31. The Morgan fingerprint density at radius 2 is 2.09 bits per heavy atom. The molecule has 1 fully saturated rings. The van der Waals surface area contributed by atoms with E-state index >= 15 is 0 Å². The van der Waals surface area contributed by atoms with Gasteiger partial charge in [0, 0.05) is 24.0 Å². The van der Waals surface area contributed by atoms with Crippen molar-refractivity contribution in [2.24, 2.45) is 5.92 Å². The Balaban J connectivity index is 1.61. The predicted molar refractivity (Wildman–Crippen MR) is 84.8 cm³/mol. The molecule has 1 aliphatic rings. The summed E-state index contributed by atoms with van der Waals surface area (Å²) < 4.78 is 5.20. The topological polar surface area (TPSA) is 91.7 Å². The number of fused-ring (bicyclic) bond motifs is 1. The van der Waals surface area contributed by atoms with E-state index in [0.717, 1.165) is 16.5 Å². The van der Waals surface area contributed by atoms with E-state index in [2.05, 4.69) is 10.3 Å². The second-order valence-electron chi connectivity index (χ2n) is 5.83. The quantitative estimate of drug-likeness (QED) is 0.753. The maximum atomic E-state index is 12.2. The summed E-state index contributed by atoms with van der Waals surface area (Å²) in [5, 5.41) is 23.3. The second kappa shape index (κ2) is 7.04. The molecule has 2 heterocycles. The van der Waals surface area contributed by atoms with Gasteiger partial charge in [-0.3, -0.25) is 9.78 Å². The van der Waals surface area contributed by atoms with Crippen molar-refractivity contribution in [3.63, 3.8) is 0 Å². The summed E-state index contributed by atoms with van der Waals surface area (Å²) in [6, 6.07) is 9.57. The van der Waals surface area contributed by atoms with Gasteiger partial charge in [0.1, 0.15) is 6.10 Å². The number of ether oxygens (including phenoxy) is 1. The van der Waals surface area contributed by atoms with Gasteiger partial charge in [-0.25, -0.2) is 0 Å². The van der Waals surface area contributed by atoms with Crippen LogP contribution >= 0.6 is 0 Å². The van der Waals surface area contributed by atoms with E-state index in [9.17, 15) is 15.0 Å². The summed E-state index contributed by atoms with van der Waals surface area (Å²) in [6.07, 6.45) is 0.165. The third kappa shape index (κ3) is 3.67. The molecule has 3 rings (SSSR count). The van der Waals surface area contributed by atoms with Gasteiger partial charge in [0.05, 0.1) is 31.3 Å². The van der Waals surface area contributed by atoms with Gasteiger partial charge in [-0.2, -0.15) is 0 Å². The fraction of sp³-hybridized carbons (Fsp3) is 0.412. The van der Waals surface area contributed by atoms with E-state index in [1.807, 2.05) is 30.3 Å². The zero-order chi connectivity index (χ0) is 16.2. The Morgan fingerprint density at radius 3 is 2.96 bits per heavy atom. The molecule has 0 aliphatic carbocycles. The van der Waals surface area contributed by atoms with E-state index < -0.39 is 12.2 Å². The minimum absolute atomic E-state index is 0.132. The van der Waals surface area contributed by atoms with Crippen LogP contribution in [0.4, 0.5) is 0 Å². The van der Waals surface area contributed by atoms with Crippen molar-refractivity contribution >= 4 is 16.8 Å². The summed E-state index contributed by atoms with van der Waals surface area (Å²) in [5.74, 6) is -0.441. The number of hydrogen-bond acceptors (Lipinski definition) is 5. The Morgan fingerprint density at radius 1 is 1.26 bits per heavy atom. The molecule has 0 bridgehead atoms. The van der Waals surface area contributed by atoms with Crippen molar-refractivity contribution in [1.82, 2.24) is 10.3 Å². The maximum absolute atomic E-state index is 12.2. The zero-order valence-electron chi connectivity index (χ0n) is 12.7. The number of benzene rings is 1. The van der Waals surface area contributed by atoms with Crippen LogP contribution in [-0.2, 0) is 16.0 Å². The van der Waals surface area contributed by atoms with Gasteiger partial charge in [-0.05, 0) is 11.6 Å². The van der Waals surface area contributed by atoms with Crippen molar-refractivity contribution in [2.75, 3.05) is 19.8 Å². The smallest absolute Gasteiger partial charge is 0.224 e. The molecule has 6 heteroatoms. The molecular formula is C17H20N2O4. The van der Waals surface area contributed by atoms with E-state index in [4.69, 9.17) is 4.74 Å². The first-order chi connectivity index (χ1) is 11.1. The molecule has 0 radical (unpaired) electrons. The first-order valence-electron chi connectivity index (χ1n) is 7.68. The van der Waals surface area contributed by atoms with Crippen LogP contribution in [0.5, 0.6) is 0 Å². The van der Waals surface area contributed by atoms with Crippen molar-refractivity contribution in [1.29, 1.82) is 0 Å². The Bertz CT molecular complexity index is 686. The van der Waals surface area contributed by atoms with Crippen molar-refractivity contribution < 1.29 is 19.7 Å². The second-order valence-corrected chi connectivity index (χ2v) is 5.83. The highest BCUT2D eigenvalue weighted by Crippen LogP contribution is 2.17. The van der Waals surface area contributed by atoms with Crippen LogP contribution in [0.1, 0.15) is 5.56 Å². The molecule has 122 valence electrons. The number of amides is 1. The lowest BCUT2D eigenvalue weighted by Crippen LogP contribution is -2.48. The Hall–Kier alpha value is -2.02. The van der Waals surface area contributed by atoms with Crippen molar-refractivity contribution in [3.8, 4) is 0 Å². The maximum Gasteiger partial charge on any atom is 0.224 e. The summed E-state index contributed by atoms with van der Waals surface area (Å²) in [5.41, 5.74) is 1.68. The van der Waals surface area contributed by atoms with Crippen LogP contribution in [0, 0.1) is 5.92 Å². The number of nitrogens with one attached hydrogen (secondary N) is 1. The molecule has 3 N–H and O–H groups in total. The van der Waals surface area contributed by atoms with Crippen molar-refractivity contribution in [2.45, 2.75) is 18.6 Å². The molecule has 1 amide bonds. The lowest BCUT2D eigenvalue weighted by molar-refractivity contribution is -0.127. The van der Waals surface area contributed by atoms with Crippen LogP contribution in [-0.4, -0.2) is 53.1 Å². The number of hydrogen-bond donors (Lipinski definition) is 3. The van der Waals surface area contributed by atoms with Crippen LogP contribution < -0.4 is 5.32 Å². The monoisotopic (exact) mass is 316 g/mol. The summed E-state index contributed by atoms with van der Waals surface area (Å²) >= 11 is 0. The molecule has 0 spiro atoms. The van der Waals surface area contributed by atoms with Gasteiger partial charge < -0.3 is 20.3 Å². The zero-order valence-corrected chi connectivity index (χ0v) is 12.7. The number of carbonyl (C=O) groups excluding carboxylic acids is 1. The van der Waals surface area contributed by atoms with Gasteiger partial charge in [0.15, 0.2) is 0 Å². The number of rotatable bonds is 4. The number of aliphatic hydroxyl groups is 2. The first-order valence-corrected chi connectivity index (χ1v) is 7.68. The van der Waals surface area contributed by atoms with E-state index in [1.54, 1.807) is 6.20 Å². The van der Waals surface area contributed by atoms with Gasteiger partial charge in [-0.15, -0.1) is 0 Å². The van der Waals surface area contributed by atoms with Crippen LogP contribution in [0.3, 0.4) is 0 Å². The van der Waals surface area contributed by atoms with Gasteiger partial charge in [0.2, 0.25) is 5.91 Å². The molecule has 1 aliphatic heterocycles. The molecular weight excluding hydrogens is 296 g/mol. The normalized spacial score (nSPS) is 24.5. The molecule has 0 saturated carbocycles. The highest BCUT2D eigenvalue weighted by molar-refractivity contribution is 5.87. The Kier molecular flexibility index (Phi) is 4.85. The summed E-state index contributed by atoms with van der Waals surface area (Å²) in [7, 11) is 0. The highest BCUT2D eigenvalue weighted by Gasteiger charge is 2.31. The number of aliphatic hydroxyl groups excluding tert-OH is 2. The molecule has 2 aromatic rings. The van der Waals surface area contributed by atoms with E-state index in [1.165, 1.54) is 0 Å². The molecule has 23 heavy (non-hydrogen) atoms. The number of nitrogens with zero attached hydrogens (tertiary/aromatic N) is 1. The SMILES string of the molecule is O=C(Cc1cccc2cccnc12)NC[C@@H]1COC[C@@H](O)[C@H]1O. The molecule has 3 atom stereocenters. The fourth-order valence-corrected chi connectivity index (χ4v) is 2.82. The van der Waals surface area contributed by atoms with Gasteiger partial charge in [0.25, 0.3) is 0 Å². The average Bonchev–Trinajstić information content (AvgIpc) is 2.56. The molecule has 6 nitrogen and oxygen atoms in total. The standard InChI is InChI=1S/C17H20N2O4/c20-14-10-23-9-13(17(14)22)8-19-15(21)7-12-4-1-3-11-5-2-6-18-16(11)12/h1-6,13-14,17,20,22H,7-10H2,(H,19,21)/t13-,14-,17+/m1/s1. The average molecular weight is 316 g/mol. The van der Waals surface area contributed by atoms with Gasteiger partial charge >= 0.3 is 0 Å². The van der Waals surface area contributed by atoms with E-state index in [0.29, 0.717) is 6.61 Å². The summed E-state index contributed by atoms with van der Waals surface area (Å²) in [6.45, 7) is 0.733. The lowest BCUT2D eigenvalue weighted by atomic mass is 9.96. The molecule has 1 aromatic heterocycles. The molecule has 1 saturated heterocycles. The number of carbonyl (C=O) groups is 1. The molecule has 0 unspecified atom stereocenters.